The first-order valence-corrected chi connectivity index (χ1v) is 8.14. The van der Waals surface area contributed by atoms with Crippen LogP contribution in [0.25, 0.3) is 0 Å². The summed E-state index contributed by atoms with van der Waals surface area (Å²) in [4.78, 5) is 29.8. The molecule has 124 valence electrons. The van der Waals surface area contributed by atoms with E-state index in [2.05, 4.69) is 15.8 Å². The number of nitrogens with zero attached hydrogens (tertiary/aromatic N) is 2. The molecule has 2 rings (SSSR count). The summed E-state index contributed by atoms with van der Waals surface area (Å²) in [6.45, 7) is 0.990. The summed E-state index contributed by atoms with van der Waals surface area (Å²) in [5.74, 6) is -0.385. The minimum absolute atomic E-state index is 0.0848. The lowest BCUT2D eigenvalue weighted by Crippen LogP contribution is -2.34. The van der Waals surface area contributed by atoms with Gasteiger partial charge in [0.1, 0.15) is 0 Å². The van der Waals surface area contributed by atoms with Crippen LogP contribution in [0.5, 0.6) is 0 Å². The average molecular weight is 316 g/mol. The maximum atomic E-state index is 12.6. The molecule has 0 aromatic carbocycles. The lowest BCUT2D eigenvalue weighted by Gasteiger charge is -2.23. The largest absolute Gasteiger partial charge is 0.469 e. The fourth-order valence-corrected chi connectivity index (χ4v) is 2.73. The Morgan fingerprint density at radius 1 is 1.30 bits per heavy atom. The van der Waals surface area contributed by atoms with Crippen molar-refractivity contribution in [2.75, 3.05) is 20.2 Å². The molecule has 0 saturated carbocycles. The number of ether oxygens (including phenoxy) is 1. The number of hydrogen-bond donors (Lipinski definition) is 0. The number of hydrogen-bond acceptors (Lipinski definition) is 4. The van der Waals surface area contributed by atoms with Crippen molar-refractivity contribution in [3.63, 3.8) is 0 Å². The van der Waals surface area contributed by atoms with Gasteiger partial charge in [-0.05, 0) is 44.2 Å². The van der Waals surface area contributed by atoms with Gasteiger partial charge >= 0.3 is 5.97 Å². The summed E-state index contributed by atoms with van der Waals surface area (Å²) in [7, 11) is 1.36. The van der Waals surface area contributed by atoms with E-state index in [4.69, 9.17) is 0 Å². The van der Waals surface area contributed by atoms with Crippen LogP contribution in [0.15, 0.2) is 36.2 Å². The van der Waals surface area contributed by atoms with Gasteiger partial charge in [-0.1, -0.05) is 11.6 Å². The molecule has 1 heterocycles. The zero-order chi connectivity index (χ0) is 16.5. The van der Waals surface area contributed by atoms with Crippen LogP contribution in [-0.2, 0) is 9.53 Å². The zero-order valence-electron chi connectivity index (χ0n) is 13.7. The highest BCUT2D eigenvalue weighted by Gasteiger charge is 2.18. The number of carbonyl (C=O) groups is 2. The number of methoxy groups -OCH3 is 1. The summed E-state index contributed by atoms with van der Waals surface area (Å²) in [5.41, 5.74) is 1.97. The van der Waals surface area contributed by atoms with E-state index in [0.717, 1.165) is 19.3 Å². The van der Waals surface area contributed by atoms with Crippen molar-refractivity contribution in [1.82, 2.24) is 9.88 Å². The average Bonchev–Trinajstić information content (AvgIpc) is 2.62. The van der Waals surface area contributed by atoms with Crippen molar-refractivity contribution in [3.05, 3.63) is 41.7 Å². The number of amides is 1. The van der Waals surface area contributed by atoms with Crippen molar-refractivity contribution < 1.29 is 14.3 Å². The molecule has 1 amide bonds. The van der Waals surface area contributed by atoms with Gasteiger partial charge in [-0.15, -0.1) is 0 Å². The lowest BCUT2D eigenvalue weighted by atomic mass is 9.97. The Morgan fingerprint density at radius 2 is 2.17 bits per heavy atom. The van der Waals surface area contributed by atoms with Crippen LogP contribution in [0.2, 0.25) is 0 Å². The van der Waals surface area contributed by atoms with E-state index in [1.54, 1.807) is 29.4 Å². The highest BCUT2D eigenvalue weighted by atomic mass is 16.5. The van der Waals surface area contributed by atoms with Crippen molar-refractivity contribution in [1.29, 1.82) is 0 Å². The van der Waals surface area contributed by atoms with E-state index in [0.29, 0.717) is 18.7 Å². The molecule has 5 heteroatoms. The molecule has 1 aromatic rings. The van der Waals surface area contributed by atoms with E-state index in [-0.39, 0.29) is 18.3 Å². The molecule has 0 radical (unpaired) electrons. The van der Waals surface area contributed by atoms with Gasteiger partial charge < -0.3 is 9.64 Å². The van der Waals surface area contributed by atoms with Crippen molar-refractivity contribution >= 4 is 11.9 Å². The second-order valence-corrected chi connectivity index (χ2v) is 5.72. The first kappa shape index (κ1) is 17.2. The van der Waals surface area contributed by atoms with Gasteiger partial charge in [0.15, 0.2) is 0 Å². The van der Waals surface area contributed by atoms with E-state index < -0.39 is 0 Å². The number of allylic oxidation sites excluding steroid dienone is 1. The van der Waals surface area contributed by atoms with Crippen LogP contribution in [-0.4, -0.2) is 42.0 Å². The Balaban J connectivity index is 1.99. The maximum absolute atomic E-state index is 12.6. The summed E-state index contributed by atoms with van der Waals surface area (Å²) in [5, 5.41) is 0. The Hall–Kier alpha value is -2.17. The number of carbonyl (C=O) groups excluding carboxylic acids is 2. The molecule has 0 N–H and O–H groups in total. The predicted octanol–water partition coefficient (Wildman–Crippen LogP) is 2.98. The van der Waals surface area contributed by atoms with Crippen LogP contribution in [0.4, 0.5) is 0 Å². The van der Waals surface area contributed by atoms with Gasteiger partial charge in [-0.2, -0.15) is 0 Å². The second-order valence-electron chi connectivity index (χ2n) is 5.72. The molecule has 0 spiro atoms. The third-order valence-electron chi connectivity index (χ3n) is 4.10. The minimum atomic E-state index is -0.300. The van der Waals surface area contributed by atoms with Gasteiger partial charge in [0.05, 0.1) is 19.1 Å². The van der Waals surface area contributed by atoms with E-state index in [9.17, 15) is 9.59 Å². The summed E-state index contributed by atoms with van der Waals surface area (Å²) in [6, 6.07) is 3.50. The molecule has 1 aliphatic rings. The van der Waals surface area contributed by atoms with E-state index in [1.807, 2.05) is 0 Å². The SMILES string of the molecule is COC(=O)CCN(CCC1=CCCCC1)C(=O)c1cccnc1. The molecular weight excluding hydrogens is 292 g/mol. The first-order valence-electron chi connectivity index (χ1n) is 8.14. The summed E-state index contributed by atoms with van der Waals surface area (Å²) >= 11 is 0. The van der Waals surface area contributed by atoms with Crippen LogP contribution in [0, 0.1) is 0 Å². The molecule has 0 bridgehead atoms. The monoisotopic (exact) mass is 316 g/mol. The molecule has 1 aliphatic carbocycles. The van der Waals surface area contributed by atoms with Gasteiger partial charge in [0.25, 0.3) is 5.91 Å². The van der Waals surface area contributed by atoms with Crippen LogP contribution in [0.1, 0.15) is 48.9 Å². The predicted molar refractivity (Wildman–Crippen MR) is 87.9 cm³/mol. The van der Waals surface area contributed by atoms with Crippen molar-refractivity contribution in [2.24, 2.45) is 0 Å². The van der Waals surface area contributed by atoms with Crippen molar-refractivity contribution in [2.45, 2.75) is 38.5 Å². The van der Waals surface area contributed by atoms with E-state index >= 15 is 0 Å². The number of rotatable bonds is 7. The third kappa shape index (κ3) is 5.51. The molecule has 0 unspecified atom stereocenters. The highest BCUT2D eigenvalue weighted by Crippen LogP contribution is 2.20. The maximum Gasteiger partial charge on any atom is 0.307 e. The Labute approximate surface area is 137 Å². The molecule has 0 atom stereocenters. The Morgan fingerprint density at radius 3 is 2.83 bits per heavy atom. The van der Waals surface area contributed by atoms with Gasteiger partial charge in [0, 0.05) is 25.5 Å². The topological polar surface area (TPSA) is 59.5 Å². The smallest absolute Gasteiger partial charge is 0.307 e. The van der Waals surface area contributed by atoms with Crippen molar-refractivity contribution in [3.8, 4) is 0 Å². The Kier molecular flexibility index (Phi) is 6.78. The lowest BCUT2D eigenvalue weighted by molar-refractivity contribution is -0.140. The standard InChI is InChI=1S/C18H24N2O3/c1-23-17(21)10-13-20(12-9-15-6-3-2-4-7-15)18(22)16-8-5-11-19-14-16/h5-6,8,11,14H,2-4,7,9-10,12-13H2,1H3. The molecule has 23 heavy (non-hydrogen) atoms. The minimum Gasteiger partial charge on any atom is -0.469 e. The van der Waals surface area contributed by atoms with E-state index in [1.165, 1.54) is 25.5 Å². The second kappa shape index (κ2) is 9.08. The summed E-state index contributed by atoms with van der Waals surface area (Å²) < 4.78 is 4.68. The quantitative estimate of drug-likeness (QED) is 0.573. The fraction of sp³-hybridized carbons (Fsp3) is 0.500. The van der Waals surface area contributed by atoms with Gasteiger partial charge in [0.2, 0.25) is 0 Å². The zero-order valence-corrected chi connectivity index (χ0v) is 13.7. The first-order chi connectivity index (χ1) is 11.2. The van der Waals surface area contributed by atoms with Gasteiger partial charge in [-0.25, -0.2) is 0 Å². The molecule has 5 nitrogen and oxygen atoms in total. The van der Waals surface area contributed by atoms with Crippen LogP contribution >= 0.6 is 0 Å². The van der Waals surface area contributed by atoms with Gasteiger partial charge in [-0.3, -0.25) is 14.6 Å². The van der Waals surface area contributed by atoms with Crippen LogP contribution < -0.4 is 0 Å². The molecule has 1 aromatic heterocycles. The number of aromatic nitrogens is 1. The fourth-order valence-electron chi connectivity index (χ4n) is 2.73. The molecule has 0 aliphatic heterocycles. The Bertz CT molecular complexity index is 555. The number of esters is 1. The molecule has 0 fully saturated rings. The molecular formula is C18H24N2O3. The normalized spacial score (nSPS) is 14.0. The molecule has 0 saturated heterocycles. The van der Waals surface area contributed by atoms with Crippen LogP contribution in [0.3, 0.4) is 0 Å². The third-order valence-corrected chi connectivity index (χ3v) is 4.10. The summed E-state index contributed by atoms with van der Waals surface area (Å²) in [6.07, 6.45) is 11.3. The highest BCUT2D eigenvalue weighted by molar-refractivity contribution is 5.94. The number of pyridine rings is 1.